The van der Waals surface area contributed by atoms with Crippen LogP contribution >= 0.6 is 11.6 Å². The van der Waals surface area contributed by atoms with Crippen LogP contribution in [-0.4, -0.2) is 27.2 Å². The zero-order valence-electron chi connectivity index (χ0n) is 13.9. The summed E-state index contributed by atoms with van der Waals surface area (Å²) in [5.41, 5.74) is 1.08. The Hall–Kier alpha value is -2.73. The molecule has 0 aromatic heterocycles. The van der Waals surface area contributed by atoms with Crippen LogP contribution in [0.1, 0.15) is 5.56 Å². The summed E-state index contributed by atoms with van der Waals surface area (Å²) < 4.78 is 28.9. The van der Waals surface area contributed by atoms with E-state index in [9.17, 15) is 9.18 Å². The molecule has 2 rings (SSSR count). The topological polar surface area (TPSA) is 56.8 Å². The average molecular weight is 366 g/mol. The fourth-order valence-corrected chi connectivity index (χ4v) is 2.31. The number of amides is 1. The number of rotatable bonds is 6. The molecular formula is C18H17ClFNO4. The van der Waals surface area contributed by atoms with Gasteiger partial charge in [0.05, 0.1) is 26.4 Å². The summed E-state index contributed by atoms with van der Waals surface area (Å²) in [7, 11) is 4.53. The van der Waals surface area contributed by atoms with Gasteiger partial charge < -0.3 is 19.5 Å². The molecule has 1 amide bonds. The molecule has 0 fully saturated rings. The van der Waals surface area contributed by atoms with E-state index < -0.39 is 11.7 Å². The monoisotopic (exact) mass is 365 g/mol. The van der Waals surface area contributed by atoms with Gasteiger partial charge >= 0.3 is 0 Å². The van der Waals surface area contributed by atoms with Crippen LogP contribution in [0.15, 0.2) is 36.4 Å². The number of ether oxygens (including phenoxy) is 3. The molecule has 0 aliphatic heterocycles. The second-order valence-corrected chi connectivity index (χ2v) is 5.32. The van der Waals surface area contributed by atoms with Gasteiger partial charge in [-0.3, -0.25) is 4.79 Å². The lowest BCUT2D eigenvalue weighted by Crippen LogP contribution is -2.07. The molecular weight excluding hydrogens is 349 g/mol. The highest BCUT2D eigenvalue weighted by molar-refractivity contribution is 6.31. The molecule has 2 aromatic rings. The summed E-state index contributed by atoms with van der Waals surface area (Å²) in [6, 6.07) is 7.36. The lowest BCUT2D eigenvalue weighted by Gasteiger charge is -2.12. The fourth-order valence-electron chi connectivity index (χ4n) is 2.13. The fraction of sp³-hybridized carbons (Fsp3) is 0.167. The summed E-state index contributed by atoms with van der Waals surface area (Å²) in [5.74, 6) is 0.482. The molecule has 0 saturated heterocycles. The van der Waals surface area contributed by atoms with Crippen LogP contribution < -0.4 is 19.5 Å². The van der Waals surface area contributed by atoms with Crippen LogP contribution in [0.4, 0.5) is 10.1 Å². The highest BCUT2D eigenvalue weighted by Crippen LogP contribution is 2.38. The Balaban J connectivity index is 2.17. The van der Waals surface area contributed by atoms with E-state index in [1.807, 2.05) is 0 Å². The molecule has 0 bridgehead atoms. The molecule has 7 heteroatoms. The van der Waals surface area contributed by atoms with Crippen LogP contribution in [0.2, 0.25) is 5.02 Å². The van der Waals surface area contributed by atoms with E-state index in [4.69, 9.17) is 25.8 Å². The van der Waals surface area contributed by atoms with E-state index in [1.54, 1.807) is 18.2 Å². The first kappa shape index (κ1) is 18.6. The second-order valence-electron chi connectivity index (χ2n) is 4.91. The third kappa shape index (κ3) is 4.64. The van der Waals surface area contributed by atoms with E-state index in [-0.39, 0.29) is 5.02 Å². The normalized spacial score (nSPS) is 10.6. The van der Waals surface area contributed by atoms with Crippen molar-refractivity contribution in [2.45, 2.75) is 0 Å². The van der Waals surface area contributed by atoms with Crippen molar-refractivity contribution in [1.82, 2.24) is 0 Å². The largest absolute Gasteiger partial charge is 0.493 e. The van der Waals surface area contributed by atoms with Crippen molar-refractivity contribution in [3.63, 3.8) is 0 Å². The van der Waals surface area contributed by atoms with Gasteiger partial charge in [0.1, 0.15) is 5.82 Å². The van der Waals surface area contributed by atoms with Crippen LogP contribution in [0.25, 0.3) is 6.08 Å². The Morgan fingerprint density at radius 1 is 1.08 bits per heavy atom. The number of carbonyl (C=O) groups excluding carboxylic acids is 1. The summed E-state index contributed by atoms with van der Waals surface area (Å²) in [6.07, 6.45) is 2.92. The maximum Gasteiger partial charge on any atom is 0.248 e. The van der Waals surface area contributed by atoms with Crippen molar-refractivity contribution in [3.8, 4) is 17.2 Å². The Bertz CT molecular complexity index is 783. The smallest absolute Gasteiger partial charge is 0.248 e. The highest BCUT2D eigenvalue weighted by Gasteiger charge is 2.12. The summed E-state index contributed by atoms with van der Waals surface area (Å²) >= 11 is 5.68. The van der Waals surface area contributed by atoms with Crippen LogP contribution in [-0.2, 0) is 4.79 Å². The van der Waals surface area contributed by atoms with Gasteiger partial charge in [-0.25, -0.2) is 4.39 Å². The lowest BCUT2D eigenvalue weighted by molar-refractivity contribution is -0.111. The minimum Gasteiger partial charge on any atom is -0.493 e. The standard InChI is InChI=1S/C18H17ClFNO4/c1-23-15-8-11(9-16(24-2)18(15)25-3)4-7-17(22)21-12-5-6-14(20)13(19)10-12/h4-10H,1-3H3,(H,21,22). The molecule has 0 aliphatic rings. The van der Waals surface area contributed by atoms with Crippen LogP contribution in [0, 0.1) is 5.82 Å². The third-order valence-corrected chi connectivity index (χ3v) is 3.59. The van der Waals surface area contributed by atoms with Gasteiger partial charge in [0.25, 0.3) is 0 Å². The molecule has 0 radical (unpaired) electrons. The minimum absolute atomic E-state index is 0.0635. The third-order valence-electron chi connectivity index (χ3n) is 3.30. The quantitative estimate of drug-likeness (QED) is 0.781. The molecule has 2 aromatic carbocycles. The maximum absolute atomic E-state index is 13.1. The number of hydrogen-bond donors (Lipinski definition) is 1. The van der Waals surface area contributed by atoms with Gasteiger partial charge in [0.2, 0.25) is 11.7 Å². The van der Waals surface area contributed by atoms with Crippen LogP contribution in [0.5, 0.6) is 17.2 Å². The number of benzene rings is 2. The lowest BCUT2D eigenvalue weighted by atomic mass is 10.1. The van der Waals surface area contributed by atoms with Crippen molar-refractivity contribution >= 4 is 29.3 Å². The number of nitrogens with one attached hydrogen (secondary N) is 1. The van der Waals surface area contributed by atoms with Crippen molar-refractivity contribution in [2.24, 2.45) is 0 Å². The van der Waals surface area contributed by atoms with Crippen molar-refractivity contribution in [3.05, 3.63) is 52.8 Å². The zero-order valence-corrected chi connectivity index (χ0v) is 14.7. The van der Waals surface area contributed by atoms with Crippen molar-refractivity contribution in [2.75, 3.05) is 26.6 Å². The van der Waals surface area contributed by atoms with Gasteiger partial charge in [0, 0.05) is 11.8 Å². The Kier molecular flexibility index (Phi) is 6.25. The molecule has 5 nitrogen and oxygen atoms in total. The number of hydrogen-bond acceptors (Lipinski definition) is 4. The number of halogens is 2. The highest BCUT2D eigenvalue weighted by atomic mass is 35.5. The van der Waals surface area contributed by atoms with Gasteiger partial charge in [-0.1, -0.05) is 11.6 Å². The van der Waals surface area contributed by atoms with Gasteiger partial charge in [-0.15, -0.1) is 0 Å². The molecule has 0 atom stereocenters. The maximum atomic E-state index is 13.1. The predicted octanol–water partition coefficient (Wildman–Crippen LogP) is 4.16. The van der Waals surface area contributed by atoms with E-state index >= 15 is 0 Å². The molecule has 0 unspecified atom stereocenters. The summed E-state index contributed by atoms with van der Waals surface area (Å²) in [6.45, 7) is 0. The van der Waals surface area contributed by atoms with E-state index in [1.165, 1.54) is 45.6 Å². The average Bonchev–Trinajstić information content (AvgIpc) is 2.62. The van der Waals surface area contributed by atoms with E-state index in [2.05, 4.69) is 5.32 Å². The SMILES string of the molecule is COc1cc(C=CC(=O)Nc2ccc(F)c(Cl)c2)cc(OC)c1OC. The first-order chi connectivity index (χ1) is 12.0. The minimum atomic E-state index is -0.548. The molecule has 0 aliphatic carbocycles. The van der Waals surface area contributed by atoms with Gasteiger partial charge in [-0.2, -0.15) is 0 Å². The molecule has 0 saturated carbocycles. The molecule has 25 heavy (non-hydrogen) atoms. The van der Waals surface area contributed by atoms with Crippen molar-refractivity contribution < 1.29 is 23.4 Å². The van der Waals surface area contributed by atoms with E-state index in [0.717, 1.165) is 0 Å². The van der Waals surface area contributed by atoms with Gasteiger partial charge in [0.15, 0.2) is 11.5 Å². The number of methoxy groups -OCH3 is 3. The Labute approximate surface area is 150 Å². The summed E-state index contributed by atoms with van der Waals surface area (Å²) in [4.78, 5) is 12.0. The predicted molar refractivity (Wildman–Crippen MR) is 95.2 cm³/mol. The summed E-state index contributed by atoms with van der Waals surface area (Å²) in [5, 5.41) is 2.53. The van der Waals surface area contributed by atoms with E-state index in [0.29, 0.717) is 28.5 Å². The molecule has 1 N–H and O–H groups in total. The first-order valence-corrected chi connectivity index (χ1v) is 7.60. The van der Waals surface area contributed by atoms with Gasteiger partial charge in [-0.05, 0) is 42.0 Å². The number of carbonyl (C=O) groups is 1. The zero-order chi connectivity index (χ0) is 18.4. The van der Waals surface area contributed by atoms with Crippen LogP contribution in [0.3, 0.4) is 0 Å². The molecule has 132 valence electrons. The molecule has 0 heterocycles. The second kappa shape index (κ2) is 8.39. The Morgan fingerprint density at radius 2 is 1.72 bits per heavy atom. The van der Waals surface area contributed by atoms with Crippen molar-refractivity contribution in [1.29, 1.82) is 0 Å². The Morgan fingerprint density at radius 3 is 2.24 bits per heavy atom. The first-order valence-electron chi connectivity index (χ1n) is 7.22. The molecule has 0 spiro atoms. The number of anilines is 1.